The number of hydrogen-bond donors (Lipinski definition) is 0. The molecular weight excluding hydrogens is 444 g/mol. The second-order valence-electron chi connectivity index (χ2n) is 7.55. The first-order valence-corrected chi connectivity index (χ1v) is 12.9. The lowest BCUT2D eigenvalue weighted by Crippen LogP contribution is -2.40. The van der Waals surface area contributed by atoms with Gasteiger partial charge in [0.1, 0.15) is 5.82 Å². The van der Waals surface area contributed by atoms with E-state index in [2.05, 4.69) is 58.2 Å². The molecular formula is C23H22N4OS3. The van der Waals surface area contributed by atoms with Gasteiger partial charge < -0.3 is 4.90 Å². The number of fused-ring (bicyclic) bond motifs is 1. The summed E-state index contributed by atoms with van der Waals surface area (Å²) in [6, 6.07) is 14.6. The molecule has 0 bridgehead atoms. The van der Waals surface area contributed by atoms with Gasteiger partial charge in [-0.25, -0.2) is 0 Å². The Morgan fingerprint density at radius 1 is 1.13 bits per heavy atom. The number of carbonyl (C=O) groups is 1. The van der Waals surface area contributed by atoms with Crippen molar-refractivity contribution in [2.24, 2.45) is 0 Å². The van der Waals surface area contributed by atoms with E-state index in [0.29, 0.717) is 5.75 Å². The van der Waals surface area contributed by atoms with Crippen LogP contribution in [0.25, 0.3) is 5.69 Å². The molecule has 1 aliphatic rings. The average Bonchev–Trinajstić information content (AvgIpc) is 3.52. The van der Waals surface area contributed by atoms with Gasteiger partial charge in [0.25, 0.3) is 0 Å². The molecule has 0 aliphatic carbocycles. The van der Waals surface area contributed by atoms with E-state index in [4.69, 9.17) is 0 Å². The minimum absolute atomic E-state index is 0.0134. The summed E-state index contributed by atoms with van der Waals surface area (Å²) in [5.41, 5.74) is 3.47. The molecule has 4 heterocycles. The van der Waals surface area contributed by atoms with Crippen molar-refractivity contribution in [3.05, 3.63) is 79.9 Å². The van der Waals surface area contributed by atoms with Crippen molar-refractivity contribution in [1.82, 2.24) is 19.7 Å². The average molecular weight is 467 g/mol. The van der Waals surface area contributed by atoms with Crippen molar-refractivity contribution in [2.45, 2.75) is 31.5 Å². The molecule has 1 amide bonds. The molecule has 1 aromatic carbocycles. The maximum atomic E-state index is 13.4. The normalized spacial score (nSPS) is 15.8. The van der Waals surface area contributed by atoms with Gasteiger partial charge >= 0.3 is 0 Å². The van der Waals surface area contributed by atoms with Crippen LogP contribution in [-0.2, 0) is 11.2 Å². The Morgan fingerprint density at radius 2 is 2.03 bits per heavy atom. The maximum absolute atomic E-state index is 13.4. The number of thioether (sulfide) groups is 1. The van der Waals surface area contributed by atoms with E-state index in [1.54, 1.807) is 22.7 Å². The molecule has 158 valence electrons. The van der Waals surface area contributed by atoms with Crippen LogP contribution >= 0.6 is 34.4 Å². The van der Waals surface area contributed by atoms with Gasteiger partial charge in [0.15, 0.2) is 5.16 Å². The number of amides is 1. The smallest absolute Gasteiger partial charge is 0.233 e. The van der Waals surface area contributed by atoms with Gasteiger partial charge in [0, 0.05) is 22.0 Å². The molecule has 1 unspecified atom stereocenters. The van der Waals surface area contributed by atoms with Crippen LogP contribution in [0.4, 0.5) is 0 Å². The van der Waals surface area contributed by atoms with Gasteiger partial charge in [0.05, 0.1) is 11.8 Å². The van der Waals surface area contributed by atoms with Crippen molar-refractivity contribution in [1.29, 1.82) is 0 Å². The van der Waals surface area contributed by atoms with Gasteiger partial charge in [-0.15, -0.1) is 32.9 Å². The van der Waals surface area contributed by atoms with Gasteiger partial charge in [-0.3, -0.25) is 9.36 Å². The highest BCUT2D eigenvalue weighted by molar-refractivity contribution is 7.99. The number of aromatic nitrogens is 3. The third-order valence-corrected chi connectivity index (χ3v) is 8.31. The number of hydrogen-bond acceptors (Lipinski definition) is 6. The molecule has 8 heteroatoms. The highest BCUT2D eigenvalue weighted by Gasteiger charge is 2.33. The van der Waals surface area contributed by atoms with E-state index in [1.165, 1.54) is 32.6 Å². The van der Waals surface area contributed by atoms with Crippen molar-refractivity contribution in [3.8, 4) is 5.69 Å². The second kappa shape index (κ2) is 8.61. The Morgan fingerprint density at radius 3 is 2.84 bits per heavy atom. The fourth-order valence-electron chi connectivity index (χ4n) is 4.05. The molecule has 3 aromatic heterocycles. The fraction of sp³-hybridized carbons (Fsp3) is 0.261. The van der Waals surface area contributed by atoms with Crippen LogP contribution in [0, 0.1) is 13.8 Å². The van der Waals surface area contributed by atoms with Crippen LogP contribution in [0.5, 0.6) is 0 Å². The van der Waals surface area contributed by atoms with E-state index >= 15 is 0 Å². The molecule has 0 fully saturated rings. The van der Waals surface area contributed by atoms with E-state index in [0.717, 1.165) is 29.6 Å². The molecule has 5 nitrogen and oxygen atoms in total. The van der Waals surface area contributed by atoms with E-state index in [1.807, 2.05) is 28.5 Å². The Hall–Kier alpha value is -2.42. The number of carbonyl (C=O) groups excluding carboxylic acids is 1. The Labute approximate surface area is 193 Å². The first-order chi connectivity index (χ1) is 15.1. The molecule has 1 aliphatic heterocycles. The summed E-state index contributed by atoms with van der Waals surface area (Å²) in [4.78, 5) is 18.0. The lowest BCUT2D eigenvalue weighted by atomic mass is 9.98. The van der Waals surface area contributed by atoms with Crippen LogP contribution in [0.2, 0.25) is 0 Å². The third kappa shape index (κ3) is 3.95. The Balaban J connectivity index is 1.38. The van der Waals surface area contributed by atoms with Gasteiger partial charge in [-0.2, -0.15) is 0 Å². The molecule has 0 spiro atoms. The molecule has 31 heavy (non-hydrogen) atoms. The minimum Gasteiger partial charge on any atom is -0.330 e. The molecule has 0 saturated heterocycles. The van der Waals surface area contributed by atoms with Crippen molar-refractivity contribution in [3.63, 3.8) is 0 Å². The van der Waals surface area contributed by atoms with E-state index in [-0.39, 0.29) is 11.9 Å². The molecule has 4 aromatic rings. The number of benzene rings is 1. The summed E-state index contributed by atoms with van der Waals surface area (Å²) in [7, 11) is 0. The number of rotatable bonds is 5. The zero-order chi connectivity index (χ0) is 21.4. The Bertz CT molecular complexity index is 1210. The first kappa shape index (κ1) is 20.5. The maximum Gasteiger partial charge on any atom is 0.233 e. The van der Waals surface area contributed by atoms with Crippen LogP contribution < -0.4 is 0 Å². The zero-order valence-corrected chi connectivity index (χ0v) is 19.8. The zero-order valence-electron chi connectivity index (χ0n) is 17.3. The minimum atomic E-state index is 0.0134. The molecule has 0 N–H and O–H groups in total. The van der Waals surface area contributed by atoms with Crippen molar-refractivity contribution >= 4 is 40.3 Å². The number of thiophene rings is 2. The van der Waals surface area contributed by atoms with Crippen LogP contribution in [0.15, 0.2) is 58.4 Å². The van der Waals surface area contributed by atoms with E-state index < -0.39 is 0 Å². The summed E-state index contributed by atoms with van der Waals surface area (Å²) in [6.45, 7) is 4.76. The van der Waals surface area contributed by atoms with Crippen molar-refractivity contribution < 1.29 is 4.79 Å². The monoisotopic (exact) mass is 466 g/mol. The number of nitrogens with zero attached hydrogens (tertiary/aromatic N) is 4. The molecule has 0 saturated carbocycles. The van der Waals surface area contributed by atoms with Crippen molar-refractivity contribution in [2.75, 3.05) is 12.3 Å². The first-order valence-electron chi connectivity index (χ1n) is 10.1. The van der Waals surface area contributed by atoms with Gasteiger partial charge in [0.2, 0.25) is 5.91 Å². The van der Waals surface area contributed by atoms with Crippen LogP contribution in [-0.4, -0.2) is 37.9 Å². The lowest BCUT2D eigenvalue weighted by molar-refractivity contribution is -0.130. The third-order valence-electron chi connectivity index (χ3n) is 5.48. The highest BCUT2D eigenvalue weighted by atomic mass is 32.2. The van der Waals surface area contributed by atoms with Gasteiger partial charge in [-0.05, 0) is 66.4 Å². The largest absolute Gasteiger partial charge is 0.330 e. The van der Waals surface area contributed by atoms with Crippen LogP contribution in [0.1, 0.15) is 32.7 Å². The predicted octanol–water partition coefficient (Wildman–Crippen LogP) is 5.27. The summed E-state index contributed by atoms with van der Waals surface area (Å²) < 4.78 is 2.02. The standard InChI is InChI=1S/C23H22N4OS3/c1-15-5-3-6-17(13-15)27-16(2)24-25-23(27)31-14-21(28)26-10-8-19-18(9-12-30-19)22(26)20-7-4-11-29-20/h3-7,9,11-13,22H,8,10,14H2,1-2H3. The number of aryl methyl sites for hydroxylation is 2. The summed E-state index contributed by atoms with van der Waals surface area (Å²) >= 11 is 4.96. The topological polar surface area (TPSA) is 51.0 Å². The van der Waals surface area contributed by atoms with E-state index in [9.17, 15) is 4.79 Å². The predicted molar refractivity (Wildman–Crippen MR) is 127 cm³/mol. The molecule has 5 rings (SSSR count). The molecule has 0 radical (unpaired) electrons. The summed E-state index contributed by atoms with van der Waals surface area (Å²) in [5.74, 6) is 1.29. The van der Waals surface area contributed by atoms with Gasteiger partial charge in [-0.1, -0.05) is 30.0 Å². The SMILES string of the molecule is Cc1cccc(-n2c(C)nnc2SCC(=O)N2CCc3sccc3C2c2cccs2)c1. The highest BCUT2D eigenvalue weighted by Crippen LogP contribution is 2.40. The summed E-state index contributed by atoms with van der Waals surface area (Å²) in [5, 5.41) is 13.6. The second-order valence-corrected chi connectivity index (χ2v) is 10.5. The quantitative estimate of drug-likeness (QED) is 0.376. The summed E-state index contributed by atoms with van der Waals surface area (Å²) in [6.07, 6.45) is 0.921. The Kier molecular flexibility index (Phi) is 5.69. The lowest BCUT2D eigenvalue weighted by Gasteiger charge is -2.35. The molecule has 1 atom stereocenters. The van der Waals surface area contributed by atoms with Crippen LogP contribution in [0.3, 0.4) is 0 Å². The fourth-order valence-corrected chi connectivity index (χ4v) is 6.69.